The Morgan fingerprint density at radius 1 is 1.19 bits per heavy atom. The van der Waals surface area contributed by atoms with Crippen LogP contribution < -0.4 is 10.2 Å². The highest BCUT2D eigenvalue weighted by Crippen LogP contribution is 2.30. The predicted molar refractivity (Wildman–Crippen MR) is 95.5 cm³/mol. The predicted octanol–water partition coefficient (Wildman–Crippen LogP) is 2.41. The summed E-state index contributed by atoms with van der Waals surface area (Å²) in [6.45, 7) is 5.27. The van der Waals surface area contributed by atoms with Crippen molar-refractivity contribution < 1.29 is 18.8 Å². The van der Waals surface area contributed by atoms with Gasteiger partial charge in [-0.2, -0.15) is 0 Å². The normalized spacial score (nSPS) is 19.6. The number of aryl methyl sites for hydroxylation is 1. The molecule has 0 bridgehead atoms. The molecule has 4 amide bonds. The Kier molecular flexibility index (Phi) is 4.54. The summed E-state index contributed by atoms with van der Waals surface area (Å²) in [4.78, 5) is 40.4. The number of imide groups is 1. The first-order valence-corrected chi connectivity index (χ1v) is 8.43. The Hall–Kier alpha value is -3.09. The lowest BCUT2D eigenvalue weighted by Crippen LogP contribution is -2.44. The third-order valence-electron chi connectivity index (χ3n) is 4.49. The fourth-order valence-corrected chi connectivity index (χ4v) is 3.04. The first kappa shape index (κ1) is 17.7. The summed E-state index contributed by atoms with van der Waals surface area (Å²) < 4.78 is 5.52. The van der Waals surface area contributed by atoms with Crippen molar-refractivity contribution in [1.82, 2.24) is 10.2 Å². The molecule has 1 aromatic heterocycles. The van der Waals surface area contributed by atoms with Crippen LogP contribution in [0.1, 0.15) is 25.4 Å². The highest BCUT2D eigenvalue weighted by molar-refractivity contribution is 6.10. The van der Waals surface area contributed by atoms with Gasteiger partial charge in [-0.3, -0.25) is 14.5 Å². The molecule has 1 atom stereocenters. The zero-order chi connectivity index (χ0) is 18.9. The summed E-state index contributed by atoms with van der Waals surface area (Å²) in [6, 6.07) is 11.9. The molecule has 0 unspecified atom stereocenters. The van der Waals surface area contributed by atoms with E-state index in [-0.39, 0.29) is 12.5 Å². The number of carbonyl (C=O) groups excluding carboxylic acids is 3. The van der Waals surface area contributed by atoms with Crippen molar-refractivity contribution in [3.8, 4) is 0 Å². The van der Waals surface area contributed by atoms with Crippen LogP contribution in [0, 0.1) is 6.92 Å². The molecule has 1 aliphatic rings. The summed E-state index contributed by atoms with van der Waals surface area (Å²) in [6.07, 6.45) is 0. The minimum Gasteiger partial charge on any atom is -0.463 e. The number of likely N-dealkylation sites (N-methyl/N-ethyl adjacent to an activating group) is 1. The molecule has 136 valence electrons. The topological polar surface area (TPSA) is 82.9 Å². The van der Waals surface area contributed by atoms with Crippen molar-refractivity contribution >= 4 is 23.5 Å². The molecule has 1 aliphatic heterocycles. The van der Waals surface area contributed by atoms with Crippen LogP contribution in [-0.4, -0.2) is 35.8 Å². The maximum Gasteiger partial charge on any atom is 0.325 e. The van der Waals surface area contributed by atoms with Gasteiger partial charge in [-0.05, 0) is 45.0 Å². The Bertz CT molecular complexity index is 845. The lowest BCUT2D eigenvalue weighted by molar-refractivity contribution is -0.134. The minimum absolute atomic E-state index is 0.331. The van der Waals surface area contributed by atoms with Crippen LogP contribution in [0.15, 0.2) is 46.9 Å². The van der Waals surface area contributed by atoms with Crippen molar-refractivity contribution in [1.29, 1.82) is 0 Å². The van der Waals surface area contributed by atoms with Crippen LogP contribution in [0.4, 0.5) is 10.5 Å². The van der Waals surface area contributed by atoms with Gasteiger partial charge in [0.1, 0.15) is 18.1 Å². The van der Waals surface area contributed by atoms with E-state index in [2.05, 4.69) is 5.32 Å². The molecule has 0 spiro atoms. The summed E-state index contributed by atoms with van der Waals surface area (Å²) in [5, 5.41) is 2.63. The van der Waals surface area contributed by atoms with Crippen LogP contribution in [0.5, 0.6) is 0 Å². The van der Waals surface area contributed by atoms with Crippen molar-refractivity contribution in [2.24, 2.45) is 0 Å². The van der Waals surface area contributed by atoms with Gasteiger partial charge in [0.15, 0.2) is 5.54 Å². The average molecular weight is 355 g/mol. The third-order valence-corrected chi connectivity index (χ3v) is 4.49. The standard InChI is InChI=1S/C19H21N3O4/c1-4-21(14-8-6-5-7-9-14)16(23)12-22-17(24)19(3,20-18(22)25)15-11-10-13(2)26-15/h5-11H,4,12H2,1-3H3,(H,20,25)/t19-/m1/s1. The average Bonchev–Trinajstić information content (AvgIpc) is 3.15. The number of carbonyl (C=O) groups is 3. The first-order chi connectivity index (χ1) is 12.4. The molecule has 1 saturated heterocycles. The molecule has 3 rings (SSSR count). The van der Waals surface area contributed by atoms with Crippen LogP contribution in [0.3, 0.4) is 0 Å². The summed E-state index contributed by atoms with van der Waals surface area (Å²) in [5.74, 6) is 0.147. The highest BCUT2D eigenvalue weighted by atomic mass is 16.3. The first-order valence-electron chi connectivity index (χ1n) is 8.43. The van der Waals surface area contributed by atoms with Crippen molar-refractivity contribution in [2.75, 3.05) is 18.0 Å². The number of nitrogens with one attached hydrogen (secondary N) is 1. The van der Waals surface area contributed by atoms with Gasteiger partial charge in [-0.1, -0.05) is 18.2 Å². The molecule has 2 heterocycles. The maximum absolute atomic E-state index is 12.8. The van der Waals surface area contributed by atoms with Crippen LogP contribution in [-0.2, 0) is 15.1 Å². The quantitative estimate of drug-likeness (QED) is 0.835. The number of rotatable bonds is 5. The smallest absolute Gasteiger partial charge is 0.325 e. The van der Waals surface area contributed by atoms with Gasteiger partial charge in [0, 0.05) is 12.2 Å². The number of anilines is 1. The van der Waals surface area contributed by atoms with Gasteiger partial charge < -0.3 is 14.6 Å². The zero-order valence-corrected chi connectivity index (χ0v) is 15.0. The summed E-state index contributed by atoms with van der Waals surface area (Å²) >= 11 is 0. The summed E-state index contributed by atoms with van der Waals surface area (Å²) in [5.41, 5.74) is -0.591. The van der Waals surface area contributed by atoms with Gasteiger partial charge in [0.2, 0.25) is 5.91 Å². The van der Waals surface area contributed by atoms with Crippen molar-refractivity contribution in [2.45, 2.75) is 26.3 Å². The summed E-state index contributed by atoms with van der Waals surface area (Å²) in [7, 11) is 0. The second-order valence-electron chi connectivity index (χ2n) is 6.33. The molecular formula is C19H21N3O4. The molecule has 1 aromatic carbocycles. The van der Waals surface area contributed by atoms with E-state index in [9.17, 15) is 14.4 Å². The van der Waals surface area contributed by atoms with E-state index in [0.717, 1.165) is 10.6 Å². The third kappa shape index (κ3) is 2.96. The van der Waals surface area contributed by atoms with Crippen LogP contribution in [0.2, 0.25) is 0 Å². The molecule has 2 aromatic rings. The molecule has 1 N–H and O–H groups in total. The monoisotopic (exact) mass is 355 g/mol. The fraction of sp³-hybridized carbons (Fsp3) is 0.316. The Labute approximate surface area is 151 Å². The largest absolute Gasteiger partial charge is 0.463 e. The minimum atomic E-state index is -1.31. The van der Waals surface area contributed by atoms with Gasteiger partial charge in [0.25, 0.3) is 5.91 Å². The fourth-order valence-electron chi connectivity index (χ4n) is 3.04. The molecule has 26 heavy (non-hydrogen) atoms. The number of furan rings is 1. The number of benzene rings is 1. The van der Waals surface area contributed by atoms with Gasteiger partial charge >= 0.3 is 6.03 Å². The SMILES string of the molecule is CCN(C(=O)CN1C(=O)N[C@](C)(c2ccc(C)o2)C1=O)c1ccccc1. The Morgan fingerprint density at radius 3 is 2.46 bits per heavy atom. The number of urea groups is 1. The Balaban J connectivity index is 1.80. The van der Waals surface area contributed by atoms with Crippen LogP contribution in [0.25, 0.3) is 0 Å². The van der Waals surface area contributed by atoms with E-state index in [1.807, 2.05) is 37.3 Å². The molecule has 7 nitrogen and oxygen atoms in total. The number of hydrogen-bond acceptors (Lipinski definition) is 4. The van der Waals surface area contributed by atoms with E-state index >= 15 is 0 Å². The number of nitrogens with zero attached hydrogens (tertiary/aromatic N) is 2. The van der Waals surface area contributed by atoms with E-state index in [4.69, 9.17) is 4.42 Å². The number of hydrogen-bond donors (Lipinski definition) is 1. The van der Waals surface area contributed by atoms with E-state index in [1.54, 1.807) is 26.0 Å². The van der Waals surface area contributed by atoms with Crippen LogP contribution >= 0.6 is 0 Å². The van der Waals surface area contributed by atoms with Crippen molar-refractivity contribution in [3.05, 3.63) is 54.0 Å². The molecule has 1 fully saturated rings. The Morgan fingerprint density at radius 2 is 1.88 bits per heavy atom. The van der Waals surface area contributed by atoms with Gasteiger partial charge in [-0.15, -0.1) is 0 Å². The molecule has 0 radical (unpaired) electrons. The van der Waals surface area contributed by atoms with E-state index < -0.39 is 17.5 Å². The molecular weight excluding hydrogens is 334 g/mol. The zero-order valence-electron chi connectivity index (χ0n) is 15.0. The molecule has 0 saturated carbocycles. The molecule has 0 aliphatic carbocycles. The van der Waals surface area contributed by atoms with Gasteiger partial charge in [-0.25, -0.2) is 4.79 Å². The lowest BCUT2D eigenvalue weighted by Gasteiger charge is -2.24. The molecule has 7 heteroatoms. The second-order valence-corrected chi connectivity index (χ2v) is 6.33. The van der Waals surface area contributed by atoms with E-state index in [0.29, 0.717) is 18.1 Å². The number of para-hydroxylation sites is 1. The van der Waals surface area contributed by atoms with E-state index in [1.165, 1.54) is 4.90 Å². The van der Waals surface area contributed by atoms with Crippen molar-refractivity contribution in [3.63, 3.8) is 0 Å². The number of amides is 4. The lowest BCUT2D eigenvalue weighted by atomic mass is 9.99. The van der Waals surface area contributed by atoms with Gasteiger partial charge in [0.05, 0.1) is 0 Å². The second kappa shape index (κ2) is 6.67. The maximum atomic E-state index is 12.8. The highest BCUT2D eigenvalue weighted by Gasteiger charge is 2.51.